The van der Waals surface area contributed by atoms with Crippen molar-refractivity contribution in [2.24, 2.45) is 29.1 Å². The molecule has 16 heavy (non-hydrogen) atoms. The fourth-order valence-corrected chi connectivity index (χ4v) is 5.69. The molecule has 5 aliphatic rings. The van der Waals surface area contributed by atoms with Crippen LogP contribution in [0.2, 0.25) is 0 Å². The maximum absolute atomic E-state index is 12.6. The summed E-state index contributed by atoms with van der Waals surface area (Å²) in [6, 6.07) is 0. The highest BCUT2D eigenvalue weighted by atomic mass is 16.1. The zero-order valence-corrected chi connectivity index (χ0v) is 10.3. The minimum atomic E-state index is 0.0538. The van der Waals surface area contributed by atoms with Crippen molar-refractivity contribution in [2.75, 3.05) is 0 Å². The normalized spacial score (nSPS) is 53.8. The Labute approximate surface area is 97.3 Å². The Bertz CT molecular complexity index is 403. The molecular weight excluding hydrogens is 196 g/mol. The highest BCUT2D eigenvalue weighted by Gasteiger charge is 2.61. The second-order valence-electron chi connectivity index (χ2n) is 6.81. The molecule has 5 rings (SSSR count). The Kier molecular flexibility index (Phi) is 1.55. The number of ketones is 1. The summed E-state index contributed by atoms with van der Waals surface area (Å²) in [6.07, 6.45) is 6.62. The van der Waals surface area contributed by atoms with Crippen molar-refractivity contribution in [2.45, 2.75) is 46.0 Å². The van der Waals surface area contributed by atoms with Gasteiger partial charge in [-0.2, -0.15) is 0 Å². The molecule has 0 aromatic carbocycles. The summed E-state index contributed by atoms with van der Waals surface area (Å²) in [5.41, 5.74) is 3.13. The van der Waals surface area contributed by atoms with Gasteiger partial charge in [0.05, 0.1) is 5.41 Å². The van der Waals surface area contributed by atoms with Crippen molar-refractivity contribution in [1.82, 2.24) is 0 Å². The molecule has 3 unspecified atom stereocenters. The summed E-state index contributed by atoms with van der Waals surface area (Å²) in [5.74, 6) is 3.36. The SMILES string of the molecule is CC1=C2C3CC4CC(C3)CC2(C4)C(=O)C1C. The summed E-state index contributed by atoms with van der Waals surface area (Å²) < 4.78 is 0. The van der Waals surface area contributed by atoms with Crippen molar-refractivity contribution in [1.29, 1.82) is 0 Å². The first-order valence-corrected chi connectivity index (χ1v) is 6.87. The van der Waals surface area contributed by atoms with Crippen LogP contribution >= 0.6 is 0 Å². The van der Waals surface area contributed by atoms with E-state index in [2.05, 4.69) is 13.8 Å². The second kappa shape index (κ2) is 2.63. The molecule has 4 fully saturated rings. The molecule has 0 amide bonds. The lowest BCUT2D eigenvalue weighted by Crippen LogP contribution is -2.50. The molecule has 1 nitrogen and oxygen atoms in total. The summed E-state index contributed by atoms with van der Waals surface area (Å²) in [5, 5.41) is 0. The average molecular weight is 216 g/mol. The van der Waals surface area contributed by atoms with Gasteiger partial charge in [0.25, 0.3) is 0 Å². The highest BCUT2D eigenvalue weighted by Crippen LogP contribution is 2.67. The largest absolute Gasteiger partial charge is 0.298 e. The Hall–Kier alpha value is -0.590. The van der Waals surface area contributed by atoms with Crippen LogP contribution < -0.4 is 0 Å². The van der Waals surface area contributed by atoms with Gasteiger partial charge >= 0.3 is 0 Å². The quantitative estimate of drug-likeness (QED) is 0.567. The zero-order valence-electron chi connectivity index (χ0n) is 10.3. The molecule has 0 heterocycles. The molecule has 5 aliphatic carbocycles. The number of hydrogen-bond donors (Lipinski definition) is 0. The summed E-state index contributed by atoms with van der Waals surface area (Å²) in [7, 11) is 0. The maximum Gasteiger partial charge on any atom is 0.149 e. The van der Waals surface area contributed by atoms with Gasteiger partial charge in [0.15, 0.2) is 0 Å². The molecule has 86 valence electrons. The van der Waals surface area contributed by atoms with Gasteiger partial charge in [-0.25, -0.2) is 0 Å². The van der Waals surface area contributed by atoms with Gasteiger partial charge in [-0.1, -0.05) is 18.1 Å². The number of hydrogen-bond acceptors (Lipinski definition) is 1. The van der Waals surface area contributed by atoms with Gasteiger partial charge in [-0.15, -0.1) is 0 Å². The number of carbonyl (C=O) groups is 1. The molecule has 3 atom stereocenters. The molecule has 0 aliphatic heterocycles. The summed E-state index contributed by atoms with van der Waals surface area (Å²) >= 11 is 0. The van der Waals surface area contributed by atoms with E-state index in [1.165, 1.54) is 37.7 Å². The predicted octanol–water partition coefficient (Wildman–Crippen LogP) is 3.35. The van der Waals surface area contributed by atoms with Gasteiger partial charge in [0, 0.05) is 5.92 Å². The monoisotopic (exact) mass is 216 g/mol. The van der Waals surface area contributed by atoms with E-state index in [4.69, 9.17) is 0 Å². The zero-order chi connectivity index (χ0) is 11.1. The van der Waals surface area contributed by atoms with Crippen molar-refractivity contribution >= 4 is 5.78 Å². The smallest absolute Gasteiger partial charge is 0.149 e. The van der Waals surface area contributed by atoms with E-state index >= 15 is 0 Å². The molecule has 0 radical (unpaired) electrons. The minimum absolute atomic E-state index is 0.0538. The topological polar surface area (TPSA) is 17.1 Å². The standard InChI is InChI=1S/C15H20O/c1-8-9(2)14(16)15-6-10-3-11(7-15)5-12(4-10)13(8)15/h9-12H,3-7H2,1-2H3. The molecule has 0 saturated heterocycles. The van der Waals surface area contributed by atoms with E-state index in [-0.39, 0.29) is 11.3 Å². The van der Waals surface area contributed by atoms with Gasteiger partial charge < -0.3 is 0 Å². The van der Waals surface area contributed by atoms with Gasteiger partial charge in [-0.3, -0.25) is 4.79 Å². The number of rotatable bonds is 0. The lowest BCUT2D eigenvalue weighted by molar-refractivity contribution is -0.135. The summed E-state index contributed by atoms with van der Waals surface area (Å²) in [4.78, 5) is 12.6. The van der Waals surface area contributed by atoms with Crippen molar-refractivity contribution in [3.05, 3.63) is 11.1 Å². The van der Waals surface area contributed by atoms with Gasteiger partial charge in [0.1, 0.15) is 5.78 Å². The van der Waals surface area contributed by atoms with Crippen LogP contribution in [0.1, 0.15) is 46.0 Å². The van der Waals surface area contributed by atoms with E-state index in [1.54, 1.807) is 5.57 Å². The molecule has 4 saturated carbocycles. The van der Waals surface area contributed by atoms with E-state index in [1.807, 2.05) is 0 Å². The van der Waals surface area contributed by atoms with Crippen LogP contribution in [0.5, 0.6) is 0 Å². The summed E-state index contributed by atoms with van der Waals surface area (Å²) in [6.45, 7) is 4.37. The van der Waals surface area contributed by atoms with Crippen LogP contribution in [0.15, 0.2) is 11.1 Å². The maximum atomic E-state index is 12.6. The first-order chi connectivity index (χ1) is 7.62. The highest BCUT2D eigenvalue weighted by molar-refractivity contribution is 5.96. The third kappa shape index (κ3) is 0.846. The fourth-order valence-electron chi connectivity index (χ4n) is 5.69. The lowest BCUT2D eigenvalue weighted by atomic mass is 9.47. The molecule has 0 N–H and O–H groups in total. The van der Waals surface area contributed by atoms with Crippen molar-refractivity contribution in [3.8, 4) is 0 Å². The Morgan fingerprint density at radius 3 is 2.38 bits per heavy atom. The van der Waals surface area contributed by atoms with E-state index < -0.39 is 0 Å². The van der Waals surface area contributed by atoms with Crippen LogP contribution in [0.3, 0.4) is 0 Å². The third-order valence-electron chi connectivity index (χ3n) is 6.04. The van der Waals surface area contributed by atoms with Crippen LogP contribution in [0.4, 0.5) is 0 Å². The lowest BCUT2D eigenvalue weighted by Gasteiger charge is -2.56. The van der Waals surface area contributed by atoms with Crippen LogP contribution in [0.25, 0.3) is 0 Å². The molecule has 1 heteroatoms. The fraction of sp³-hybridized carbons (Fsp3) is 0.800. The predicted molar refractivity (Wildman–Crippen MR) is 62.9 cm³/mol. The Morgan fingerprint density at radius 1 is 1.12 bits per heavy atom. The second-order valence-corrected chi connectivity index (χ2v) is 6.81. The Balaban J connectivity index is 1.93. The molecule has 0 aromatic rings. The number of Topliss-reactive ketones (excluding diaryl/α,β-unsaturated/α-hetero) is 1. The van der Waals surface area contributed by atoms with E-state index in [9.17, 15) is 4.79 Å². The third-order valence-corrected chi connectivity index (χ3v) is 6.04. The van der Waals surface area contributed by atoms with Crippen LogP contribution in [0, 0.1) is 29.1 Å². The van der Waals surface area contributed by atoms with Crippen LogP contribution in [-0.2, 0) is 4.79 Å². The molecular formula is C15H20O. The molecule has 0 aromatic heterocycles. The van der Waals surface area contributed by atoms with Crippen molar-refractivity contribution < 1.29 is 4.79 Å². The van der Waals surface area contributed by atoms with Gasteiger partial charge in [-0.05, 0) is 56.8 Å². The minimum Gasteiger partial charge on any atom is -0.298 e. The van der Waals surface area contributed by atoms with E-state index in [0.29, 0.717) is 5.78 Å². The molecule has 4 bridgehead atoms. The first-order valence-electron chi connectivity index (χ1n) is 6.87. The van der Waals surface area contributed by atoms with E-state index in [0.717, 1.165) is 17.8 Å². The average Bonchev–Trinajstić information content (AvgIpc) is 2.41. The first kappa shape index (κ1) is 9.44. The van der Waals surface area contributed by atoms with Gasteiger partial charge in [0.2, 0.25) is 0 Å². The number of allylic oxidation sites excluding steroid dienone is 2. The Morgan fingerprint density at radius 2 is 1.75 bits per heavy atom. The van der Waals surface area contributed by atoms with Crippen LogP contribution in [-0.4, -0.2) is 5.78 Å². The van der Waals surface area contributed by atoms with Crippen molar-refractivity contribution in [3.63, 3.8) is 0 Å². The number of carbonyl (C=O) groups excluding carboxylic acids is 1. The molecule has 1 spiro atoms.